The predicted octanol–water partition coefficient (Wildman–Crippen LogP) is 3.19. The summed E-state index contributed by atoms with van der Waals surface area (Å²) in [5, 5.41) is 12.0. The smallest absolute Gasteiger partial charge is 0.490 e. The van der Waals surface area contributed by atoms with E-state index >= 15 is 0 Å². The average molecular weight is 277 g/mol. The van der Waals surface area contributed by atoms with Crippen molar-refractivity contribution in [2.24, 2.45) is 5.16 Å². The van der Waals surface area contributed by atoms with Gasteiger partial charge in [0.1, 0.15) is 12.4 Å². The standard InChI is InChI=1S/C12H14F3NO3/c1-2-10(16-17)9-5-3-4-6-11(9)18-7-8-19-12(13,14)15/h3-6,17H,2,7-8H2,1H3. The van der Waals surface area contributed by atoms with Crippen LogP contribution < -0.4 is 4.74 Å². The van der Waals surface area contributed by atoms with Crippen LogP contribution in [0.5, 0.6) is 5.75 Å². The Labute approximate surface area is 108 Å². The summed E-state index contributed by atoms with van der Waals surface area (Å²) in [5.74, 6) is 0.350. The van der Waals surface area contributed by atoms with Gasteiger partial charge in [-0.25, -0.2) is 0 Å². The van der Waals surface area contributed by atoms with Gasteiger partial charge in [0, 0.05) is 5.56 Å². The predicted molar refractivity (Wildman–Crippen MR) is 62.6 cm³/mol. The zero-order chi connectivity index (χ0) is 14.3. The number of benzene rings is 1. The highest BCUT2D eigenvalue weighted by Crippen LogP contribution is 2.21. The normalized spacial score (nSPS) is 12.5. The van der Waals surface area contributed by atoms with Crippen molar-refractivity contribution in [3.05, 3.63) is 29.8 Å². The van der Waals surface area contributed by atoms with Gasteiger partial charge in [-0.3, -0.25) is 4.74 Å². The lowest BCUT2D eigenvalue weighted by Gasteiger charge is -2.12. The Balaban J connectivity index is 2.64. The molecule has 4 nitrogen and oxygen atoms in total. The minimum Gasteiger partial charge on any atom is -0.490 e. The quantitative estimate of drug-likeness (QED) is 0.376. The van der Waals surface area contributed by atoms with Gasteiger partial charge in [-0.05, 0) is 18.6 Å². The molecular formula is C12H14F3NO3. The molecule has 0 atom stereocenters. The molecule has 0 aliphatic rings. The monoisotopic (exact) mass is 277 g/mol. The summed E-state index contributed by atoms with van der Waals surface area (Å²) in [7, 11) is 0. The maximum Gasteiger partial charge on any atom is 0.522 e. The van der Waals surface area contributed by atoms with Crippen molar-refractivity contribution in [1.29, 1.82) is 0 Å². The van der Waals surface area contributed by atoms with E-state index < -0.39 is 13.0 Å². The van der Waals surface area contributed by atoms with Gasteiger partial charge in [0.15, 0.2) is 0 Å². The van der Waals surface area contributed by atoms with Crippen molar-refractivity contribution < 1.29 is 27.9 Å². The minimum absolute atomic E-state index is 0.251. The van der Waals surface area contributed by atoms with E-state index in [4.69, 9.17) is 9.94 Å². The Bertz CT molecular complexity index is 432. The lowest BCUT2D eigenvalue weighted by molar-refractivity contribution is -0.325. The molecule has 0 aliphatic heterocycles. The first-order valence-electron chi connectivity index (χ1n) is 5.61. The molecule has 0 amide bonds. The highest BCUT2D eigenvalue weighted by molar-refractivity contribution is 6.02. The van der Waals surface area contributed by atoms with Gasteiger partial charge in [0.2, 0.25) is 0 Å². The molecule has 0 fully saturated rings. The molecule has 106 valence electrons. The van der Waals surface area contributed by atoms with Crippen molar-refractivity contribution in [3.63, 3.8) is 0 Å². The summed E-state index contributed by atoms with van der Waals surface area (Å²) >= 11 is 0. The first kappa shape index (κ1) is 15.3. The summed E-state index contributed by atoms with van der Waals surface area (Å²) < 4.78 is 44.1. The third-order valence-electron chi connectivity index (χ3n) is 2.26. The van der Waals surface area contributed by atoms with Gasteiger partial charge in [-0.1, -0.05) is 24.2 Å². The lowest BCUT2D eigenvalue weighted by atomic mass is 10.1. The number of oxime groups is 1. The Hall–Kier alpha value is -1.76. The van der Waals surface area contributed by atoms with E-state index in [2.05, 4.69) is 9.89 Å². The maximum absolute atomic E-state index is 11.8. The Morgan fingerprint density at radius 3 is 2.53 bits per heavy atom. The number of ether oxygens (including phenoxy) is 2. The molecule has 0 aliphatic carbocycles. The first-order valence-corrected chi connectivity index (χ1v) is 5.61. The molecule has 0 unspecified atom stereocenters. The second kappa shape index (κ2) is 6.98. The highest BCUT2D eigenvalue weighted by Gasteiger charge is 2.28. The number of rotatable bonds is 6. The van der Waals surface area contributed by atoms with E-state index in [1.54, 1.807) is 31.2 Å². The average Bonchev–Trinajstić information content (AvgIpc) is 2.36. The molecule has 0 bridgehead atoms. The topological polar surface area (TPSA) is 51.1 Å². The van der Waals surface area contributed by atoms with Crippen LogP contribution in [0.15, 0.2) is 29.4 Å². The third-order valence-corrected chi connectivity index (χ3v) is 2.26. The molecule has 1 N–H and O–H groups in total. The van der Waals surface area contributed by atoms with Crippen molar-refractivity contribution in [3.8, 4) is 5.75 Å². The van der Waals surface area contributed by atoms with Crippen molar-refractivity contribution in [1.82, 2.24) is 0 Å². The largest absolute Gasteiger partial charge is 0.522 e. The molecule has 19 heavy (non-hydrogen) atoms. The van der Waals surface area contributed by atoms with E-state index in [1.165, 1.54) is 0 Å². The van der Waals surface area contributed by atoms with Crippen LogP contribution in [0.4, 0.5) is 13.2 Å². The minimum atomic E-state index is -4.66. The van der Waals surface area contributed by atoms with Gasteiger partial charge in [0.25, 0.3) is 0 Å². The number of nitrogens with zero attached hydrogens (tertiary/aromatic N) is 1. The highest BCUT2D eigenvalue weighted by atomic mass is 19.4. The molecule has 0 aromatic heterocycles. The van der Waals surface area contributed by atoms with Crippen LogP contribution >= 0.6 is 0 Å². The summed E-state index contributed by atoms with van der Waals surface area (Å²) in [6, 6.07) is 6.64. The van der Waals surface area contributed by atoms with E-state index in [9.17, 15) is 13.2 Å². The fraction of sp³-hybridized carbons (Fsp3) is 0.417. The van der Waals surface area contributed by atoms with Gasteiger partial charge in [-0.15, -0.1) is 13.2 Å². The number of hydrogen-bond donors (Lipinski definition) is 1. The van der Waals surface area contributed by atoms with Crippen LogP contribution in [0.2, 0.25) is 0 Å². The molecule has 1 rings (SSSR count). The van der Waals surface area contributed by atoms with E-state index in [-0.39, 0.29) is 6.61 Å². The summed E-state index contributed by atoms with van der Waals surface area (Å²) in [5.41, 5.74) is 0.937. The Kier molecular flexibility index (Phi) is 5.62. The van der Waals surface area contributed by atoms with Gasteiger partial charge in [0.05, 0.1) is 12.3 Å². The second-order valence-electron chi connectivity index (χ2n) is 3.54. The van der Waals surface area contributed by atoms with Crippen LogP contribution in [0.25, 0.3) is 0 Å². The van der Waals surface area contributed by atoms with Crippen molar-refractivity contribution >= 4 is 5.71 Å². The van der Waals surface area contributed by atoms with Crippen LogP contribution in [0, 0.1) is 0 Å². The summed E-state index contributed by atoms with van der Waals surface area (Å²) in [6.07, 6.45) is -4.19. The molecule has 1 aromatic carbocycles. The number of para-hydroxylation sites is 1. The third kappa shape index (κ3) is 5.17. The van der Waals surface area contributed by atoms with Gasteiger partial charge in [-0.2, -0.15) is 0 Å². The van der Waals surface area contributed by atoms with Crippen LogP contribution in [0.1, 0.15) is 18.9 Å². The molecule has 7 heteroatoms. The first-order chi connectivity index (χ1) is 8.98. The van der Waals surface area contributed by atoms with Crippen molar-refractivity contribution in [2.45, 2.75) is 19.7 Å². The van der Waals surface area contributed by atoms with E-state index in [0.29, 0.717) is 23.4 Å². The van der Waals surface area contributed by atoms with E-state index in [1.807, 2.05) is 0 Å². The second-order valence-corrected chi connectivity index (χ2v) is 3.54. The number of alkyl halides is 3. The molecule has 1 aromatic rings. The SMILES string of the molecule is CCC(=NO)c1ccccc1OCCOC(F)(F)F. The zero-order valence-electron chi connectivity index (χ0n) is 10.3. The summed E-state index contributed by atoms with van der Waals surface area (Å²) in [6.45, 7) is 0.938. The molecule has 0 saturated carbocycles. The summed E-state index contributed by atoms with van der Waals surface area (Å²) in [4.78, 5) is 0. The lowest BCUT2D eigenvalue weighted by Crippen LogP contribution is -2.18. The number of hydrogen-bond acceptors (Lipinski definition) is 4. The maximum atomic E-state index is 11.8. The van der Waals surface area contributed by atoms with Crippen LogP contribution in [-0.4, -0.2) is 30.5 Å². The fourth-order valence-electron chi connectivity index (χ4n) is 1.45. The van der Waals surface area contributed by atoms with Gasteiger partial charge >= 0.3 is 6.36 Å². The zero-order valence-corrected chi connectivity index (χ0v) is 10.3. The molecule has 0 radical (unpaired) electrons. The fourth-order valence-corrected chi connectivity index (χ4v) is 1.45. The Morgan fingerprint density at radius 1 is 1.26 bits per heavy atom. The molecule has 0 saturated heterocycles. The Morgan fingerprint density at radius 2 is 1.95 bits per heavy atom. The molecule has 0 spiro atoms. The van der Waals surface area contributed by atoms with E-state index in [0.717, 1.165) is 0 Å². The number of halogens is 3. The van der Waals surface area contributed by atoms with Crippen LogP contribution in [-0.2, 0) is 4.74 Å². The van der Waals surface area contributed by atoms with Crippen molar-refractivity contribution in [2.75, 3.05) is 13.2 Å². The molecule has 0 heterocycles. The van der Waals surface area contributed by atoms with Crippen LogP contribution in [0.3, 0.4) is 0 Å². The molecular weight excluding hydrogens is 263 g/mol. The van der Waals surface area contributed by atoms with Gasteiger partial charge < -0.3 is 9.94 Å².